The molecule has 1 aromatic carbocycles. The van der Waals surface area contributed by atoms with Crippen molar-refractivity contribution in [3.63, 3.8) is 0 Å². The van der Waals surface area contributed by atoms with Crippen molar-refractivity contribution in [3.8, 4) is 0 Å². The normalized spacial score (nSPS) is 14.0. The highest BCUT2D eigenvalue weighted by atomic mass is 32.2. The van der Waals surface area contributed by atoms with E-state index in [-0.39, 0.29) is 10.7 Å². The van der Waals surface area contributed by atoms with Crippen LogP contribution < -0.4 is 4.72 Å². The van der Waals surface area contributed by atoms with Crippen LogP contribution in [0.15, 0.2) is 29.2 Å². The second kappa shape index (κ2) is 5.23. The number of hydrogen-bond donors (Lipinski definition) is 1. The fourth-order valence-electron chi connectivity index (χ4n) is 2.29. The second-order valence-electron chi connectivity index (χ2n) is 4.93. The van der Waals surface area contributed by atoms with Crippen LogP contribution in [0.3, 0.4) is 0 Å². The van der Waals surface area contributed by atoms with Crippen LogP contribution in [0, 0.1) is 0 Å². The zero-order valence-electron chi connectivity index (χ0n) is 11.4. The Balaban J connectivity index is 1.89. The van der Waals surface area contributed by atoms with Crippen molar-refractivity contribution in [1.29, 1.82) is 0 Å². The van der Waals surface area contributed by atoms with E-state index in [0.29, 0.717) is 10.7 Å². The van der Waals surface area contributed by atoms with Crippen molar-refractivity contribution in [2.45, 2.75) is 31.1 Å². The summed E-state index contributed by atoms with van der Waals surface area (Å²) in [4.78, 5) is 16.9. The topological polar surface area (TPSA) is 76.1 Å². The van der Waals surface area contributed by atoms with E-state index in [0.717, 1.165) is 29.8 Å². The van der Waals surface area contributed by atoms with Crippen LogP contribution in [0.25, 0.3) is 0 Å². The number of carbonyl (C=O) groups is 1. The van der Waals surface area contributed by atoms with E-state index in [1.807, 2.05) is 0 Å². The molecular weight excluding hydrogens is 308 g/mol. The number of aryl methyl sites for hydroxylation is 2. The maximum atomic E-state index is 12.3. The summed E-state index contributed by atoms with van der Waals surface area (Å²) in [6.07, 6.45) is 2.96. The van der Waals surface area contributed by atoms with Gasteiger partial charge in [0.05, 0.1) is 10.6 Å². The van der Waals surface area contributed by atoms with Crippen molar-refractivity contribution in [2.75, 3.05) is 4.72 Å². The smallest absolute Gasteiger partial charge is 0.263 e. The maximum absolute atomic E-state index is 12.3. The molecule has 5 nitrogen and oxygen atoms in total. The number of Topliss-reactive ketones (excluding diaryl/α,β-unsaturated/α-hetero) is 1. The van der Waals surface area contributed by atoms with E-state index >= 15 is 0 Å². The number of nitrogens with zero attached hydrogens (tertiary/aromatic N) is 1. The Bertz CT molecular complexity index is 788. The van der Waals surface area contributed by atoms with Crippen LogP contribution in [0.1, 0.15) is 34.3 Å². The van der Waals surface area contributed by atoms with E-state index in [1.54, 1.807) is 12.1 Å². The standard InChI is InChI=1S/C14H14N2O3S2/c1-9(17)10-4-2-5-11(8-10)21(18,19)16-14-15-12-6-3-7-13(12)20-14/h2,4-5,8H,3,6-7H2,1H3,(H,15,16). The van der Waals surface area contributed by atoms with Gasteiger partial charge in [0.25, 0.3) is 10.0 Å². The molecule has 0 atom stereocenters. The Labute approximate surface area is 127 Å². The summed E-state index contributed by atoms with van der Waals surface area (Å²) >= 11 is 1.39. The van der Waals surface area contributed by atoms with Gasteiger partial charge >= 0.3 is 0 Å². The third-order valence-electron chi connectivity index (χ3n) is 3.37. The number of sulfonamides is 1. The fourth-order valence-corrected chi connectivity index (χ4v) is 4.62. The van der Waals surface area contributed by atoms with Gasteiger partial charge < -0.3 is 0 Å². The molecule has 21 heavy (non-hydrogen) atoms. The minimum atomic E-state index is -3.71. The van der Waals surface area contributed by atoms with Gasteiger partial charge in [-0.15, -0.1) is 11.3 Å². The molecule has 1 aliphatic rings. The molecule has 0 aliphatic heterocycles. The lowest BCUT2D eigenvalue weighted by atomic mass is 10.2. The molecule has 1 heterocycles. The zero-order valence-corrected chi connectivity index (χ0v) is 13.1. The molecule has 0 radical (unpaired) electrons. The SMILES string of the molecule is CC(=O)c1cccc(S(=O)(=O)Nc2nc3c(s2)CCC3)c1. The number of ketones is 1. The molecule has 0 unspecified atom stereocenters. The number of hydrogen-bond acceptors (Lipinski definition) is 5. The summed E-state index contributed by atoms with van der Waals surface area (Å²) in [5.74, 6) is -0.166. The largest absolute Gasteiger partial charge is 0.295 e. The number of aromatic nitrogens is 1. The first kappa shape index (κ1) is 14.2. The summed E-state index contributed by atoms with van der Waals surface area (Å²) in [6.45, 7) is 1.41. The number of thiazole rings is 1. The highest BCUT2D eigenvalue weighted by Gasteiger charge is 2.21. The summed E-state index contributed by atoms with van der Waals surface area (Å²) in [5.41, 5.74) is 1.37. The average molecular weight is 322 g/mol. The van der Waals surface area contributed by atoms with Crippen molar-refractivity contribution in [1.82, 2.24) is 4.98 Å². The number of benzene rings is 1. The monoisotopic (exact) mass is 322 g/mol. The predicted octanol–water partition coefficient (Wildman–Crippen LogP) is 2.64. The van der Waals surface area contributed by atoms with Crippen molar-refractivity contribution in [2.24, 2.45) is 0 Å². The maximum Gasteiger partial charge on any atom is 0.263 e. The Kier molecular flexibility index (Phi) is 3.54. The molecule has 0 bridgehead atoms. The summed E-state index contributed by atoms with van der Waals surface area (Å²) < 4.78 is 27.2. The molecule has 3 rings (SSSR count). The van der Waals surface area contributed by atoms with Gasteiger partial charge in [0.2, 0.25) is 0 Å². The molecule has 1 aromatic heterocycles. The molecule has 0 amide bonds. The van der Waals surface area contributed by atoms with Gasteiger partial charge in [-0.3, -0.25) is 9.52 Å². The lowest BCUT2D eigenvalue weighted by molar-refractivity contribution is 0.101. The van der Waals surface area contributed by atoms with Gasteiger partial charge in [-0.05, 0) is 38.3 Å². The van der Waals surface area contributed by atoms with Crippen LogP contribution in [-0.2, 0) is 22.9 Å². The van der Waals surface area contributed by atoms with Gasteiger partial charge in [-0.2, -0.15) is 0 Å². The second-order valence-corrected chi connectivity index (χ2v) is 7.70. The number of anilines is 1. The van der Waals surface area contributed by atoms with E-state index < -0.39 is 10.0 Å². The highest BCUT2D eigenvalue weighted by Crippen LogP contribution is 2.31. The third-order valence-corrected chi connectivity index (χ3v) is 5.91. The van der Waals surface area contributed by atoms with Crippen molar-refractivity contribution >= 4 is 32.3 Å². The Morgan fingerprint density at radius 3 is 2.86 bits per heavy atom. The number of nitrogens with one attached hydrogen (secondary N) is 1. The minimum absolute atomic E-state index is 0.0746. The molecule has 0 spiro atoms. The zero-order chi connectivity index (χ0) is 15.0. The lowest BCUT2D eigenvalue weighted by Gasteiger charge is -2.06. The van der Waals surface area contributed by atoms with Gasteiger partial charge in [-0.25, -0.2) is 13.4 Å². The lowest BCUT2D eigenvalue weighted by Crippen LogP contribution is -2.13. The molecule has 110 valence electrons. The van der Waals surface area contributed by atoms with E-state index in [2.05, 4.69) is 9.71 Å². The molecule has 0 saturated carbocycles. The Morgan fingerprint density at radius 2 is 2.14 bits per heavy atom. The molecule has 2 aromatic rings. The number of carbonyl (C=O) groups excluding carboxylic acids is 1. The van der Waals surface area contributed by atoms with Gasteiger partial charge in [0.1, 0.15) is 0 Å². The summed E-state index contributed by atoms with van der Waals surface area (Å²) in [7, 11) is -3.71. The first-order valence-corrected chi connectivity index (χ1v) is 8.88. The van der Waals surface area contributed by atoms with Crippen LogP contribution in [-0.4, -0.2) is 19.2 Å². The first-order valence-electron chi connectivity index (χ1n) is 6.58. The number of fused-ring (bicyclic) bond motifs is 1. The molecule has 0 fully saturated rings. The first-order chi connectivity index (χ1) is 9.95. The third kappa shape index (κ3) is 2.84. The van der Waals surface area contributed by atoms with Crippen LogP contribution in [0.2, 0.25) is 0 Å². The fraction of sp³-hybridized carbons (Fsp3) is 0.286. The van der Waals surface area contributed by atoms with E-state index in [1.165, 1.54) is 30.4 Å². The molecule has 1 aliphatic carbocycles. The van der Waals surface area contributed by atoms with Crippen LogP contribution >= 0.6 is 11.3 Å². The molecule has 0 saturated heterocycles. The van der Waals surface area contributed by atoms with Crippen LogP contribution in [0.4, 0.5) is 5.13 Å². The molecular formula is C14H14N2O3S2. The molecule has 7 heteroatoms. The summed E-state index contributed by atoms with van der Waals surface area (Å²) in [5, 5.41) is 0.396. The van der Waals surface area contributed by atoms with E-state index in [9.17, 15) is 13.2 Å². The number of rotatable bonds is 4. The Hall–Kier alpha value is -1.73. The van der Waals surface area contributed by atoms with Crippen molar-refractivity contribution in [3.05, 3.63) is 40.4 Å². The van der Waals surface area contributed by atoms with Crippen molar-refractivity contribution < 1.29 is 13.2 Å². The Morgan fingerprint density at radius 1 is 1.33 bits per heavy atom. The van der Waals surface area contributed by atoms with Gasteiger partial charge in [0, 0.05) is 10.4 Å². The average Bonchev–Trinajstić information content (AvgIpc) is 2.99. The minimum Gasteiger partial charge on any atom is -0.295 e. The van der Waals surface area contributed by atoms with E-state index in [4.69, 9.17) is 0 Å². The van der Waals surface area contributed by atoms with Gasteiger partial charge in [-0.1, -0.05) is 12.1 Å². The predicted molar refractivity (Wildman–Crippen MR) is 81.4 cm³/mol. The van der Waals surface area contributed by atoms with Crippen LogP contribution in [0.5, 0.6) is 0 Å². The van der Waals surface area contributed by atoms with Gasteiger partial charge in [0.15, 0.2) is 10.9 Å². The highest BCUT2D eigenvalue weighted by molar-refractivity contribution is 7.93. The summed E-state index contributed by atoms with van der Waals surface area (Å²) in [6, 6.07) is 6.01. The quantitative estimate of drug-likeness (QED) is 0.878. The molecule has 1 N–H and O–H groups in total.